The summed E-state index contributed by atoms with van der Waals surface area (Å²) in [6.45, 7) is 5.59. The van der Waals surface area contributed by atoms with Gasteiger partial charge in [0.2, 0.25) is 0 Å². The molecule has 2 aromatic carbocycles. The molecule has 0 aliphatic rings. The van der Waals surface area contributed by atoms with E-state index < -0.39 is 35.8 Å². The van der Waals surface area contributed by atoms with Crippen LogP contribution in [0.2, 0.25) is 0 Å². The zero-order chi connectivity index (χ0) is 22.9. The van der Waals surface area contributed by atoms with Gasteiger partial charge in [0.15, 0.2) is 5.60 Å². The van der Waals surface area contributed by atoms with Gasteiger partial charge in [-0.1, -0.05) is 48.0 Å². The maximum Gasteiger partial charge on any atom is 0.339 e. The summed E-state index contributed by atoms with van der Waals surface area (Å²) in [5.74, 6) is -0.625. The molecule has 0 saturated carbocycles. The number of ether oxygens (including phenoxy) is 2. The van der Waals surface area contributed by atoms with Crippen molar-refractivity contribution in [1.29, 1.82) is 0 Å². The Bertz CT molecular complexity index is 975. The average Bonchev–Trinajstić information content (AvgIpc) is 2.74. The first kappa shape index (κ1) is 25.3. The molecular weight excluding hydrogens is 439 g/mol. The zero-order valence-corrected chi connectivity index (χ0v) is 19.8. The SMILES string of the molecule is CCOC(=O)C(Cc1ccccc1)(C[PH](=O)COS(=O)(=O)c1ccc(C)cc1)OCC. The van der Waals surface area contributed by atoms with Crippen LogP contribution >= 0.6 is 7.80 Å². The van der Waals surface area contributed by atoms with E-state index in [1.807, 2.05) is 37.3 Å². The third-order valence-electron chi connectivity index (χ3n) is 4.57. The molecule has 170 valence electrons. The van der Waals surface area contributed by atoms with E-state index in [0.717, 1.165) is 11.1 Å². The van der Waals surface area contributed by atoms with Gasteiger partial charge in [0.25, 0.3) is 10.1 Å². The van der Waals surface area contributed by atoms with Gasteiger partial charge in [0.05, 0.1) is 11.5 Å². The van der Waals surface area contributed by atoms with Crippen molar-refractivity contribution in [2.75, 3.05) is 25.7 Å². The number of benzene rings is 2. The highest BCUT2D eigenvalue weighted by molar-refractivity contribution is 7.87. The van der Waals surface area contributed by atoms with Crippen LogP contribution in [0.3, 0.4) is 0 Å². The fourth-order valence-corrected chi connectivity index (χ4v) is 5.98. The third kappa shape index (κ3) is 7.28. The topological polar surface area (TPSA) is 96.0 Å². The molecule has 0 heterocycles. The molecule has 2 rings (SSSR count). The minimum atomic E-state index is -4.06. The largest absolute Gasteiger partial charge is 0.464 e. The van der Waals surface area contributed by atoms with Crippen LogP contribution in [0.4, 0.5) is 0 Å². The first-order valence-corrected chi connectivity index (χ1v) is 13.3. The maximum atomic E-state index is 12.9. The van der Waals surface area contributed by atoms with Gasteiger partial charge in [-0.05, 0) is 38.5 Å². The van der Waals surface area contributed by atoms with Crippen LogP contribution in [0, 0.1) is 6.92 Å². The van der Waals surface area contributed by atoms with E-state index in [2.05, 4.69) is 0 Å². The summed E-state index contributed by atoms with van der Waals surface area (Å²) in [4.78, 5) is 12.8. The van der Waals surface area contributed by atoms with Gasteiger partial charge >= 0.3 is 5.97 Å². The molecule has 2 atom stereocenters. The highest BCUT2D eigenvalue weighted by Crippen LogP contribution is 2.34. The molecule has 0 amide bonds. The Labute approximate surface area is 184 Å². The van der Waals surface area contributed by atoms with Crippen LogP contribution in [0.25, 0.3) is 0 Å². The molecule has 0 aliphatic carbocycles. The van der Waals surface area contributed by atoms with E-state index in [0.29, 0.717) is 0 Å². The molecule has 0 spiro atoms. The van der Waals surface area contributed by atoms with Crippen molar-refractivity contribution in [3.8, 4) is 0 Å². The first-order valence-electron chi connectivity index (χ1n) is 10.1. The summed E-state index contributed by atoms with van der Waals surface area (Å²) in [6.07, 6.45) is -0.561. The number of carbonyl (C=O) groups excluding carboxylic acids is 1. The monoisotopic (exact) mass is 468 g/mol. The molecule has 31 heavy (non-hydrogen) atoms. The summed E-state index contributed by atoms with van der Waals surface area (Å²) in [7, 11) is -6.74. The summed E-state index contributed by atoms with van der Waals surface area (Å²) in [6, 6.07) is 15.4. The minimum Gasteiger partial charge on any atom is -0.464 e. The molecule has 0 aromatic heterocycles. The van der Waals surface area contributed by atoms with Gasteiger partial charge in [-0.15, -0.1) is 0 Å². The van der Waals surface area contributed by atoms with Crippen LogP contribution in [0.15, 0.2) is 59.5 Å². The Morgan fingerprint density at radius 2 is 1.65 bits per heavy atom. The van der Waals surface area contributed by atoms with Crippen molar-refractivity contribution in [1.82, 2.24) is 0 Å². The van der Waals surface area contributed by atoms with Crippen molar-refractivity contribution in [3.05, 3.63) is 65.7 Å². The molecule has 0 N–H and O–H groups in total. The maximum absolute atomic E-state index is 12.9. The van der Waals surface area contributed by atoms with Gasteiger partial charge in [0, 0.05) is 19.2 Å². The Hall–Kier alpha value is -1.99. The highest BCUT2D eigenvalue weighted by Gasteiger charge is 2.42. The first-order chi connectivity index (χ1) is 14.7. The Balaban J connectivity index is 2.19. The van der Waals surface area contributed by atoms with Crippen LogP contribution in [-0.2, 0) is 39.6 Å². The standard InChI is InChI=1S/C22H29O7PS/c1-4-27-21(23)22(28-5-2,15-19-9-7-6-8-10-19)16-30(24)17-29-31(25,26)20-13-11-18(3)12-14-20/h6-14,30H,4-5,15-17H2,1-3H3. The summed E-state index contributed by atoms with van der Waals surface area (Å²) in [5, 5.41) is 0. The lowest BCUT2D eigenvalue weighted by molar-refractivity contribution is -0.168. The van der Waals surface area contributed by atoms with Crippen LogP contribution in [0.1, 0.15) is 25.0 Å². The van der Waals surface area contributed by atoms with E-state index in [4.69, 9.17) is 13.7 Å². The van der Waals surface area contributed by atoms with Crippen LogP contribution in [0.5, 0.6) is 0 Å². The molecule has 0 bridgehead atoms. The Morgan fingerprint density at radius 1 is 1.00 bits per heavy atom. The normalized spacial score (nSPS) is 14.5. The van der Waals surface area contributed by atoms with Crippen molar-refractivity contribution >= 4 is 23.9 Å². The minimum absolute atomic E-state index is 0.0151. The van der Waals surface area contributed by atoms with Gasteiger partial charge in [-0.25, -0.2) is 4.79 Å². The second-order valence-corrected chi connectivity index (χ2v) is 10.4. The van der Waals surface area contributed by atoms with Crippen molar-refractivity contribution in [2.45, 2.75) is 37.7 Å². The molecule has 0 aliphatic heterocycles. The summed E-state index contributed by atoms with van der Waals surface area (Å²) < 4.78 is 53.7. The van der Waals surface area contributed by atoms with E-state index in [9.17, 15) is 17.8 Å². The molecule has 9 heteroatoms. The highest BCUT2D eigenvalue weighted by atomic mass is 32.2. The quantitative estimate of drug-likeness (QED) is 0.266. The molecule has 2 unspecified atom stereocenters. The number of rotatable bonds is 12. The van der Waals surface area contributed by atoms with E-state index in [1.165, 1.54) is 12.1 Å². The van der Waals surface area contributed by atoms with E-state index >= 15 is 0 Å². The fourth-order valence-electron chi connectivity index (χ4n) is 3.12. The Kier molecular flexibility index (Phi) is 9.44. The summed E-state index contributed by atoms with van der Waals surface area (Å²) in [5.41, 5.74) is 0.232. The lowest BCUT2D eigenvalue weighted by Crippen LogP contribution is -2.47. The molecule has 0 fully saturated rings. The van der Waals surface area contributed by atoms with Gasteiger partial charge < -0.3 is 14.0 Å². The Morgan fingerprint density at radius 3 is 2.23 bits per heavy atom. The van der Waals surface area contributed by atoms with Gasteiger partial charge in [0.1, 0.15) is 14.1 Å². The molecular formula is C22H29O7PS. The smallest absolute Gasteiger partial charge is 0.339 e. The second kappa shape index (κ2) is 11.6. The average molecular weight is 469 g/mol. The number of esters is 1. The molecule has 0 radical (unpaired) electrons. The fraction of sp³-hybridized carbons (Fsp3) is 0.409. The number of hydrogen-bond acceptors (Lipinski definition) is 7. The lowest BCUT2D eigenvalue weighted by atomic mass is 9.96. The second-order valence-electron chi connectivity index (χ2n) is 7.05. The molecule has 7 nitrogen and oxygen atoms in total. The van der Waals surface area contributed by atoms with E-state index in [1.54, 1.807) is 26.0 Å². The van der Waals surface area contributed by atoms with E-state index in [-0.39, 0.29) is 30.7 Å². The number of aryl methyl sites for hydroxylation is 1. The predicted molar refractivity (Wildman–Crippen MR) is 119 cm³/mol. The van der Waals surface area contributed by atoms with Crippen LogP contribution in [-0.4, -0.2) is 45.7 Å². The van der Waals surface area contributed by atoms with Crippen molar-refractivity contribution in [3.63, 3.8) is 0 Å². The predicted octanol–water partition coefficient (Wildman–Crippen LogP) is 3.80. The summed E-state index contributed by atoms with van der Waals surface area (Å²) >= 11 is 0. The lowest BCUT2D eigenvalue weighted by Gasteiger charge is -2.31. The zero-order valence-electron chi connectivity index (χ0n) is 18.0. The van der Waals surface area contributed by atoms with Crippen LogP contribution < -0.4 is 0 Å². The van der Waals surface area contributed by atoms with Crippen molar-refractivity contribution < 1.29 is 31.4 Å². The molecule has 0 saturated heterocycles. The third-order valence-corrected chi connectivity index (χ3v) is 7.49. The van der Waals surface area contributed by atoms with Gasteiger partial charge in [-0.3, -0.25) is 4.18 Å². The van der Waals surface area contributed by atoms with Gasteiger partial charge in [-0.2, -0.15) is 8.42 Å². The molecule has 2 aromatic rings. The van der Waals surface area contributed by atoms with Crippen molar-refractivity contribution in [2.24, 2.45) is 0 Å². The number of hydrogen-bond donors (Lipinski definition) is 0. The number of carbonyl (C=O) groups is 1.